The van der Waals surface area contributed by atoms with Crippen LogP contribution in [0.4, 0.5) is 15.8 Å². The monoisotopic (exact) mass is 515 g/mol. The number of piperazine rings is 1. The Bertz CT molecular complexity index is 1260. The first-order valence-electron chi connectivity index (χ1n) is 13.3. The quantitative estimate of drug-likeness (QED) is 0.319. The molecule has 0 bridgehead atoms. The number of hydrogen-bond acceptors (Lipinski definition) is 4. The number of hydrogen-bond donors (Lipinski definition) is 0. The maximum atomic E-state index is 13.4. The van der Waals surface area contributed by atoms with Crippen LogP contribution in [0, 0.1) is 5.82 Å². The normalized spacial score (nSPS) is 17.8. The summed E-state index contributed by atoms with van der Waals surface area (Å²) in [6.45, 7) is 13.6. The molecule has 1 saturated heterocycles. The Balaban J connectivity index is 1.62. The average molecular weight is 516 g/mol. The number of anilines is 2. The van der Waals surface area contributed by atoms with Crippen molar-refractivity contribution < 1.29 is 13.9 Å². The fourth-order valence-corrected chi connectivity index (χ4v) is 5.39. The van der Waals surface area contributed by atoms with E-state index in [0.717, 1.165) is 42.2 Å². The summed E-state index contributed by atoms with van der Waals surface area (Å²) in [5, 5.41) is 0. The van der Waals surface area contributed by atoms with Gasteiger partial charge in [-0.3, -0.25) is 9.69 Å². The Morgan fingerprint density at radius 1 is 1.08 bits per heavy atom. The average Bonchev–Trinajstić information content (AvgIpc) is 2.92. The van der Waals surface area contributed by atoms with Gasteiger partial charge in [-0.25, -0.2) is 4.39 Å². The Kier molecular flexibility index (Phi) is 8.85. The molecule has 0 aliphatic carbocycles. The first-order chi connectivity index (χ1) is 18.4. The second-order valence-electron chi connectivity index (χ2n) is 9.96. The van der Waals surface area contributed by atoms with Crippen molar-refractivity contribution in [3.63, 3.8) is 0 Å². The molecule has 200 valence electrons. The highest BCUT2D eigenvalue weighted by molar-refractivity contribution is 6.06. The number of rotatable bonds is 9. The zero-order valence-electron chi connectivity index (χ0n) is 22.9. The molecule has 0 aromatic heterocycles. The van der Waals surface area contributed by atoms with E-state index in [4.69, 9.17) is 4.74 Å². The molecule has 2 atom stereocenters. The summed E-state index contributed by atoms with van der Waals surface area (Å²) in [5.41, 5.74) is 4.62. The lowest BCUT2D eigenvalue weighted by Gasteiger charge is -2.46. The largest absolute Gasteiger partial charge is 0.495 e. The molecule has 1 amide bonds. The van der Waals surface area contributed by atoms with Crippen molar-refractivity contribution in [3.05, 3.63) is 102 Å². The molecule has 0 N–H and O–H groups in total. The number of methoxy groups -OCH3 is 1. The minimum Gasteiger partial charge on any atom is -0.495 e. The number of para-hydroxylation sites is 1. The molecule has 1 aliphatic heterocycles. The van der Waals surface area contributed by atoms with Crippen LogP contribution in [0.2, 0.25) is 0 Å². The van der Waals surface area contributed by atoms with E-state index in [-0.39, 0.29) is 11.7 Å². The van der Waals surface area contributed by atoms with E-state index >= 15 is 0 Å². The van der Waals surface area contributed by atoms with Gasteiger partial charge in [-0.05, 0) is 80.8 Å². The molecule has 0 saturated carbocycles. The molecule has 5 nitrogen and oxygen atoms in total. The van der Waals surface area contributed by atoms with Gasteiger partial charge in [-0.1, -0.05) is 30.3 Å². The number of benzene rings is 3. The predicted octanol–water partition coefficient (Wildman–Crippen LogP) is 6.18. The highest BCUT2D eigenvalue weighted by Crippen LogP contribution is 2.37. The van der Waals surface area contributed by atoms with Gasteiger partial charge in [0.05, 0.1) is 12.8 Å². The molecule has 0 unspecified atom stereocenters. The summed E-state index contributed by atoms with van der Waals surface area (Å²) < 4.78 is 19.3. The Morgan fingerprint density at radius 2 is 1.82 bits per heavy atom. The number of nitrogens with zero attached hydrogens (tertiary/aromatic N) is 3. The molecule has 0 radical (unpaired) electrons. The molecule has 0 spiro atoms. The van der Waals surface area contributed by atoms with Crippen molar-refractivity contribution in [3.8, 4) is 5.75 Å². The summed E-state index contributed by atoms with van der Waals surface area (Å²) >= 11 is 0. The standard InChI is InChI=1S/C32H38FN3O2/c1-6-18-34-21-24(4)36(22-23(34)3)31-26(11-9-13-30(31)38-5)19-25-10-8-12-27(20-25)32(37)35(7-2)29-16-14-28(33)15-17-29/h6,8-17,20,23-24H,1,7,18-19,21-22H2,2-5H3/t23-,24+/m1/s1. The van der Waals surface area contributed by atoms with E-state index in [0.29, 0.717) is 36.3 Å². The number of carbonyl (C=O) groups is 1. The summed E-state index contributed by atoms with van der Waals surface area (Å²) in [6.07, 6.45) is 2.64. The first kappa shape index (κ1) is 27.4. The Labute approximate surface area is 226 Å². The number of halogens is 1. The zero-order chi connectivity index (χ0) is 27.2. The molecule has 3 aromatic rings. The van der Waals surface area contributed by atoms with Crippen molar-refractivity contribution in [2.75, 3.05) is 43.1 Å². The lowest BCUT2D eigenvalue weighted by atomic mass is 9.98. The van der Waals surface area contributed by atoms with Gasteiger partial charge in [0.1, 0.15) is 11.6 Å². The predicted molar refractivity (Wildman–Crippen MR) is 154 cm³/mol. The lowest BCUT2D eigenvalue weighted by molar-refractivity contribution is 0.0988. The smallest absolute Gasteiger partial charge is 0.258 e. The van der Waals surface area contributed by atoms with Gasteiger partial charge in [-0.15, -0.1) is 6.58 Å². The van der Waals surface area contributed by atoms with Gasteiger partial charge in [0, 0.05) is 49.5 Å². The summed E-state index contributed by atoms with van der Waals surface area (Å²) in [4.78, 5) is 20.0. The number of carbonyl (C=O) groups excluding carboxylic acids is 1. The van der Waals surface area contributed by atoms with E-state index in [2.05, 4.69) is 42.4 Å². The number of ether oxygens (including phenoxy) is 1. The van der Waals surface area contributed by atoms with Gasteiger partial charge in [0.15, 0.2) is 0 Å². The van der Waals surface area contributed by atoms with Crippen molar-refractivity contribution in [1.29, 1.82) is 0 Å². The maximum Gasteiger partial charge on any atom is 0.258 e. The molecular weight excluding hydrogens is 477 g/mol. The van der Waals surface area contributed by atoms with Crippen LogP contribution in [0.3, 0.4) is 0 Å². The molecule has 38 heavy (non-hydrogen) atoms. The van der Waals surface area contributed by atoms with Crippen LogP contribution in [0.15, 0.2) is 79.4 Å². The van der Waals surface area contributed by atoms with Crippen LogP contribution in [-0.4, -0.2) is 56.2 Å². The minimum atomic E-state index is -0.320. The summed E-state index contributed by atoms with van der Waals surface area (Å²) in [7, 11) is 1.72. The molecular formula is C32H38FN3O2. The Morgan fingerprint density at radius 3 is 2.50 bits per heavy atom. The van der Waals surface area contributed by atoms with E-state index in [1.165, 1.54) is 12.1 Å². The van der Waals surface area contributed by atoms with E-state index in [1.54, 1.807) is 24.1 Å². The third-order valence-electron chi connectivity index (χ3n) is 7.34. The van der Waals surface area contributed by atoms with E-state index in [1.807, 2.05) is 43.3 Å². The molecule has 1 fully saturated rings. The number of amides is 1. The third-order valence-corrected chi connectivity index (χ3v) is 7.34. The first-order valence-corrected chi connectivity index (χ1v) is 13.3. The molecule has 6 heteroatoms. The Hall–Kier alpha value is -3.64. The molecule has 3 aromatic carbocycles. The van der Waals surface area contributed by atoms with Crippen molar-refractivity contribution in [2.45, 2.75) is 39.3 Å². The highest BCUT2D eigenvalue weighted by Gasteiger charge is 2.31. The van der Waals surface area contributed by atoms with Crippen LogP contribution >= 0.6 is 0 Å². The van der Waals surface area contributed by atoms with Crippen molar-refractivity contribution in [2.24, 2.45) is 0 Å². The molecule has 1 aliphatic rings. The van der Waals surface area contributed by atoms with Gasteiger partial charge in [-0.2, -0.15) is 0 Å². The SMILES string of the molecule is C=CCN1C[C@H](C)N(c2c(Cc3cccc(C(=O)N(CC)c4ccc(F)cc4)c3)cccc2OC)C[C@H]1C. The third kappa shape index (κ3) is 5.91. The van der Waals surface area contributed by atoms with Crippen molar-refractivity contribution in [1.82, 2.24) is 4.90 Å². The lowest BCUT2D eigenvalue weighted by Crippen LogP contribution is -2.56. The second kappa shape index (κ2) is 12.3. The van der Waals surface area contributed by atoms with Crippen molar-refractivity contribution >= 4 is 17.3 Å². The van der Waals surface area contributed by atoms with Crippen LogP contribution in [0.25, 0.3) is 0 Å². The van der Waals surface area contributed by atoms with Crippen LogP contribution in [-0.2, 0) is 6.42 Å². The van der Waals surface area contributed by atoms with Crippen LogP contribution in [0.1, 0.15) is 42.3 Å². The summed E-state index contributed by atoms with van der Waals surface area (Å²) in [5.74, 6) is 0.436. The summed E-state index contributed by atoms with van der Waals surface area (Å²) in [6, 6.07) is 20.7. The van der Waals surface area contributed by atoms with Gasteiger partial charge in [0.25, 0.3) is 5.91 Å². The van der Waals surface area contributed by atoms with Gasteiger partial charge >= 0.3 is 0 Å². The van der Waals surface area contributed by atoms with Crippen LogP contribution < -0.4 is 14.5 Å². The molecule has 1 heterocycles. The fraction of sp³-hybridized carbons (Fsp3) is 0.344. The fourth-order valence-electron chi connectivity index (χ4n) is 5.39. The minimum absolute atomic E-state index is 0.104. The zero-order valence-corrected chi connectivity index (χ0v) is 22.9. The van der Waals surface area contributed by atoms with E-state index in [9.17, 15) is 9.18 Å². The second-order valence-corrected chi connectivity index (χ2v) is 9.96. The maximum absolute atomic E-state index is 13.4. The van der Waals surface area contributed by atoms with E-state index < -0.39 is 0 Å². The highest BCUT2D eigenvalue weighted by atomic mass is 19.1. The van der Waals surface area contributed by atoms with Gasteiger partial charge in [0.2, 0.25) is 0 Å². The van der Waals surface area contributed by atoms with Gasteiger partial charge < -0.3 is 14.5 Å². The topological polar surface area (TPSA) is 36.0 Å². The van der Waals surface area contributed by atoms with Crippen LogP contribution in [0.5, 0.6) is 5.75 Å². The molecule has 4 rings (SSSR count).